The SMILES string of the molecule is CNCC1(CNCC(C)(C)c2ccccc2C)CC1. The van der Waals surface area contributed by atoms with Crippen molar-refractivity contribution in [2.24, 2.45) is 5.41 Å². The van der Waals surface area contributed by atoms with E-state index in [4.69, 9.17) is 0 Å². The van der Waals surface area contributed by atoms with E-state index in [1.54, 1.807) is 0 Å². The highest BCUT2D eigenvalue weighted by molar-refractivity contribution is 5.32. The summed E-state index contributed by atoms with van der Waals surface area (Å²) in [6.07, 6.45) is 2.73. The lowest BCUT2D eigenvalue weighted by Crippen LogP contribution is -2.38. The lowest BCUT2D eigenvalue weighted by molar-refractivity contribution is 0.395. The zero-order chi connectivity index (χ0) is 13.9. The molecule has 1 aliphatic carbocycles. The Morgan fingerprint density at radius 3 is 2.42 bits per heavy atom. The predicted octanol–water partition coefficient (Wildman–Crippen LogP) is 2.86. The van der Waals surface area contributed by atoms with Gasteiger partial charge in [0.25, 0.3) is 0 Å². The Hall–Kier alpha value is -0.860. The summed E-state index contributed by atoms with van der Waals surface area (Å²) in [7, 11) is 2.05. The molecule has 1 aliphatic rings. The molecule has 1 saturated carbocycles. The van der Waals surface area contributed by atoms with Crippen LogP contribution in [0.4, 0.5) is 0 Å². The molecule has 0 atom stereocenters. The van der Waals surface area contributed by atoms with Crippen molar-refractivity contribution >= 4 is 0 Å². The molecule has 2 heteroatoms. The average Bonchev–Trinajstić information content (AvgIpc) is 3.09. The fourth-order valence-corrected chi connectivity index (χ4v) is 3.04. The van der Waals surface area contributed by atoms with Gasteiger partial charge in [-0.1, -0.05) is 38.1 Å². The van der Waals surface area contributed by atoms with Crippen molar-refractivity contribution in [2.75, 3.05) is 26.7 Å². The van der Waals surface area contributed by atoms with Gasteiger partial charge in [-0.15, -0.1) is 0 Å². The van der Waals surface area contributed by atoms with Crippen LogP contribution in [0.2, 0.25) is 0 Å². The third-order valence-corrected chi connectivity index (χ3v) is 4.45. The Balaban J connectivity index is 1.90. The molecule has 0 spiro atoms. The van der Waals surface area contributed by atoms with Crippen molar-refractivity contribution in [1.29, 1.82) is 0 Å². The molecule has 2 rings (SSSR count). The standard InChI is InChI=1S/C17H28N2/c1-14-7-5-6-8-15(14)16(2,3)11-19-13-17(9-10-17)12-18-4/h5-8,18-19H,9-13H2,1-4H3. The van der Waals surface area contributed by atoms with E-state index in [-0.39, 0.29) is 5.41 Å². The maximum absolute atomic E-state index is 3.70. The van der Waals surface area contributed by atoms with Gasteiger partial charge in [-0.3, -0.25) is 0 Å². The zero-order valence-electron chi connectivity index (χ0n) is 12.8. The number of aryl methyl sites for hydroxylation is 1. The van der Waals surface area contributed by atoms with E-state index in [9.17, 15) is 0 Å². The highest BCUT2D eigenvalue weighted by atomic mass is 14.9. The fraction of sp³-hybridized carbons (Fsp3) is 0.647. The van der Waals surface area contributed by atoms with Gasteiger partial charge < -0.3 is 10.6 Å². The van der Waals surface area contributed by atoms with Gasteiger partial charge >= 0.3 is 0 Å². The van der Waals surface area contributed by atoms with Crippen molar-refractivity contribution in [1.82, 2.24) is 10.6 Å². The average molecular weight is 260 g/mol. The van der Waals surface area contributed by atoms with Crippen LogP contribution in [0.15, 0.2) is 24.3 Å². The van der Waals surface area contributed by atoms with Crippen LogP contribution >= 0.6 is 0 Å². The number of nitrogens with one attached hydrogen (secondary N) is 2. The molecule has 106 valence electrons. The van der Waals surface area contributed by atoms with E-state index in [1.807, 2.05) is 0 Å². The molecule has 1 fully saturated rings. The molecule has 0 unspecified atom stereocenters. The van der Waals surface area contributed by atoms with Gasteiger partial charge in [0.15, 0.2) is 0 Å². The molecule has 0 aliphatic heterocycles. The third kappa shape index (κ3) is 3.58. The Morgan fingerprint density at radius 2 is 1.84 bits per heavy atom. The second kappa shape index (κ2) is 5.64. The normalized spacial score (nSPS) is 17.5. The largest absolute Gasteiger partial charge is 0.319 e. The number of rotatable bonds is 7. The quantitative estimate of drug-likeness (QED) is 0.788. The molecule has 0 heterocycles. The summed E-state index contributed by atoms with van der Waals surface area (Å²) in [5.74, 6) is 0. The molecule has 0 aromatic heterocycles. The molecular weight excluding hydrogens is 232 g/mol. The summed E-state index contributed by atoms with van der Waals surface area (Å²) in [5.41, 5.74) is 3.59. The monoisotopic (exact) mass is 260 g/mol. The predicted molar refractivity (Wildman–Crippen MR) is 82.7 cm³/mol. The van der Waals surface area contributed by atoms with E-state index in [1.165, 1.54) is 24.0 Å². The molecule has 0 saturated heterocycles. The van der Waals surface area contributed by atoms with E-state index in [2.05, 4.69) is 62.7 Å². The highest BCUT2D eigenvalue weighted by Crippen LogP contribution is 2.44. The Kier molecular flexibility index (Phi) is 4.32. The first-order valence-corrected chi connectivity index (χ1v) is 7.41. The minimum Gasteiger partial charge on any atom is -0.319 e. The van der Waals surface area contributed by atoms with E-state index < -0.39 is 0 Å². The van der Waals surface area contributed by atoms with Crippen LogP contribution in [0.25, 0.3) is 0 Å². The van der Waals surface area contributed by atoms with E-state index in [0.29, 0.717) is 5.41 Å². The number of hydrogen-bond acceptors (Lipinski definition) is 2. The zero-order valence-corrected chi connectivity index (χ0v) is 12.8. The fourth-order valence-electron chi connectivity index (χ4n) is 3.04. The van der Waals surface area contributed by atoms with Crippen LogP contribution in [0, 0.1) is 12.3 Å². The molecular formula is C17H28N2. The van der Waals surface area contributed by atoms with Gasteiger partial charge in [0, 0.05) is 25.0 Å². The van der Waals surface area contributed by atoms with Gasteiger partial charge in [-0.25, -0.2) is 0 Å². The molecule has 2 nitrogen and oxygen atoms in total. The number of benzene rings is 1. The first-order valence-electron chi connectivity index (χ1n) is 7.41. The molecule has 2 N–H and O–H groups in total. The van der Waals surface area contributed by atoms with Crippen LogP contribution in [-0.2, 0) is 5.41 Å². The Labute approximate surface area is 118 Å². The molecule has 0 amide bonds. The van der Waals surface area contributed by atoms with Crippen LogP contribution in [0.1, 0.15) is 37.8 Å². The van der Waals surface area contributed by atoms with E-state index >= 15 is 0 Å². The first-order chi connectivity index (χ1) is 8.99. The molecule has 0 bridgehead atoms. The van der Waals surface area contributed by atoms with Gasteiger partial charge in [-0.05, 0) is 43.4 Å². The van der Waals surface area contributed by atoms with Gasteiger partial charge in [0.2, 0.25) is 0 Å². The second-order valence-electron chi connectivity index (χ2n) is 6.83. The van der Waals surface area contributed by atoms with Crippen molar-refractivity contribution in [3.8, 4) is 0 Å². The molecule has 1 aromatic rings. The first kappa shape index (κ1) is 14.5. The summed E-state index contributed by atoms with van der Waals surface area (Å²) in [6, 6.07) is 8.74. The minimum absolute atomic E-state index is 0.196. The second-order valence-corrected chi connectivity index (χ2v) is 6.83. The van der Waals surface area contributed by atoms with E-state index in [0.717, 1.165) is 19.6 Å². The minimum atomic E-state index is 0.196. The summed E-state index contributed by atoms with van der Waals surface area (Å²) >= 11 is 0. The van der Waals surface area contributed by atoms with Crippen molar-refractivity contribution < 1.29 is 0 Å². The van der Waals surface area contributed by atoms with Crippen LogP contribution in [0.5, 0.6) is 0 Å². The highest BCUT2D eigenvalue weighted by Gasteiger charge is 2.41. The lowest BCUT2D eigenvalue weighted by Gasteiger charge is -2.28. The van der Waals surface area contributed by atoms with Crippen LogP contribution in [-0.4, -0.2) is 26.7 Å². The molecule has 1 aromatic carbocycles. The van der Waals surface area contributed by atoms with Crippen LogP contribution in [0.3, 0.4) is 0 Å². The lowest BCUT2D eigenvalue weighted by atomic mass is 9.82. The van der Waals surface area contributed by atoms with Crippen molar-refractivity contribution in [2.45, 2.75) is 39.0 Å². The third-order valence-electron chi connectivity index (χ3n) is 4.45. The summed E-state index contributed by atoms with van der Waals surface area (Å²) in [4.78, 5) is 0. The smallest absolute Gasteiger partial charge is 0.00435 e. The van der Waals surface area contributed by atoms with Gasteiger partial charge in [-0.2, -0.15) is 0 Å². The summed E-state index contributed by atoms with van der Waals surface area (Å²) < 4.78 is 0. The van der Waals surface area contributed by atoms with Gasteiger partial charge in [0.1, 0.15) is 0 Å². The van der Waals surface area contributed by atoms with Crippen molar-refractivity contribution in [3.05, 3.63) is 35.4 Å². The Morgan fingerprint density at radius 1 is 1.16 bits per heavy atom. The van der Waals surface area contributed by atoms with Crippen molar-refractivity contribution in [3.63, 3.8) is 0 Å². The Bertz CT molecular complexity index is 419. The summed E-state index contributed by atoms with van der Waals surface area (Å²) in [5, 5.41) is 7.02. The maximum atomic E-state index is 3.70. The number of hydrogen-bond donors (Lipinski definition) is 2. The molecule has 0 radical (unpaired) electrons. The maximum Gasteiger partial charge on any atom is 0.00435 e. The van der Waals surface area contributed by atoms with Crippen LogP contribution < -0.4 is 10.6 Å². The molecule has 19 heavy (non-hydrogen) atoms. The van der Waals surface area contributed by atoms with Gasteiger partial charge in [0.05, 0.1) is 0 Å². The summed E-state index contributed by atoms with van der Waals surface area (Å²) in [6.45, 7) is 10.2. The topological polar surface area (TPSA) is 24.1 Å².